The normalized spacial score (nSPS) is 24.8. The number of rotatable bonds is 2. The average Bonchev–Trinajstić information content (AvgIpc) is 3.35. The highest BCUT2D eigenvalue weighted by Crippen LogP contribution is 2.38. The smallest absolute Gasteiger partial charge is 0.292 e. The van der Waals surface area contributed by atoms with E-state index in [2.05, 4.69) is 11.2 Å². The Morgan fingerprint density at radius 1 is 1.17 bits per heavy atom. The summed E-state index contributed by atoms with van der Waals surface area (Å²) in [4.78, 5) is 14.6. The second-order valence-electron chi connectivity index (χ2n) is 7.16. The number of fused-ring (bicyclic) bond motifs is 2. The van der Waals surface area contributed by atoms with Gasteiger partial charge in [0.25, 0.3) is 5.91 Å². The third-order valence-corrected chi connectivity index (χ3v) is 5.72. The zero-order valence-electron chi connectivity index (χ0n) is 13.5. The second-order valence-corrected chi connectivity index (χ2v) is 7.16. The molecule has 1 amide bonds. The van der Waals surface area contributed by atoms with E-state index >= 15 is 0 Å². The fourth-order valence-electron chi connectivity index (χ4n) is 4.41. The molecule has 124 valence electrons. The lowest BCUT2D eigenvalue weighted by Gasteiger charge is -2.14. The molecule has 5 heteroatoms. The Labute approximate surface area is 140 Å². The number of aromatic nitrogens is 1. The Hall–Kier alpha value is -2.30. The molecule has 0 radical (unpaired) electrons. The molecule has 1 aromatic carbocycles. The zero-order valence-corrected chi connectivity index (χ0v) is 13.5. The summed E-state index contributed by atoms with van der Waals surface area (Å²) in [6.45, 7) is 2.48. The summed E-state index contributed by atoms with van der Waals surface area (Å²) in [5.74, 6) is 2.65. The van der Waals surface area contributed by atoms with Gasteiger partial charge < -0.3 is 14.2 Å². The van der Waals surface area contributed by atoms with Gasteiger partial charge in [-0.1, -0.05) is 11.6 Å². The van der Waals surface area contributed by atoms with Crippen LogP contribution in [0.4, 0.5) is 0 Å². The molecule has 2 atom stereocenters. The number of nitrogens with zero attached hydrogens (tertiary/aromatic N) is 2. The van der Waals surface area contributed by atoms with Gasteiger partial charge in [-0.2, -0.15) is 0 Å². The molecule has 24 heavy (non-hydrogen) atoms. The monoisotopic (exact) mass is 324 g/mol. The van der Waals surface area contributed by atoms with Crippen molar-refractivity contribution < 1.29 is 14.1 Å². The number of carbonyl (C=O) groups is 1. The summed E-state index contributed by atoms with van der Waals surface area (Å²) < 4.78 is 10.9. The maximum Gasteiger partial charge on any atom is 0.292 e. The minimum atomic E-state index is -0.0207. The topological polar surface area (TPSA) is 55.6 Å². The first-order valence-corrected chi connectivity index (χ1v) is 8.80. The van der Waals surface area contributed by atoms with Gasteiger partial charge in [0.1, 0.15) is 11.4 Å². The van der Waals surface area contributed by atoms with E-state index in [1.165, 1.54) is 24.8 Å². The average molecular weight is 324 g/mol. The maximum atomic E-state index is 12.7. The lowest BCUT2D eigenvalue weighted by atomic mass is 10.0. The van der Waals surface area contributed by atoms with Gasteiger partial charge >= 0.3 is 0 Å². The number of hydrogen-bond acceptors (Lipinski definition) is 4. The molecule has 3 aliphatic rings. The first-order chi connectivity index (χ1) is 11.8. The number of ether oxygens (including phenoxy) is 1. The molecule has 1 saturated heterocycles. The highest BCUT2D eigenvalue weighted by atomic mass is 16.5. The molecule has 1 aromatic heterocycles. The van der Waals surface area contributed by atoms with Gasteiger partial charge in [-0.3, -0.25) is 4.79 Å². The van der Waals surface area contributed by atoms with Crippen LogP contribution in [0.15, 0.2) is 28.8 Å². The number of carbonyl (C=O) groups excluding carboxylic acids is 1. The summed E-state index contributed by atoms with van der Waals surface area (Å²) in [7, 11) is 0. The molecular weight excluding hydrogens is 304 g/mol. The van der Waals surface area contributed by atoms with E-state index in [1.807, 2.05) is 17.0 Å². The molecule has 2 aromatic rings. The maximum absolute atomic E-state index is 12.7. The Balaban J connectivity index is 1.36. The number of amides is 1. The minimum absolute atomic E-state index is 0.0207. The van der Waals surface area contributed by atoms with Gasteiger partial charge in [0, 0.05) is 31.1 Å². The van der Waals surface area contributed by atoms with Crippen molar-refractivity contribution in [2.24, 2.45) is 11.8 Å². The highest BCUT2D eigenvalue weighted by molar-refractivity contribution is 5.92. The van der Waals surface area contributed by atoms with Crippen molar-refractivity contribution in [3.63, 3.8) is 0 Å². The summed E-state index contributed by atoms with van der Waals surface area (Å²) in [6, 6.07) is 7.79. The van der Waals surface area contributed by atoms with Gasteiger partial charge in [0.05, 0.1) is 6.61 Å². The summed E-state index contributed by atoms with van der Waals surface area (Å²) in [6.07, 6.45) is 4.75. The standard InChI is InChI=1S/C19H20N2O3/c22-19(21-10-14-2-1-3-15(14)11-21)18-9-16(20-24-18)12-4-5-17-13(8-12)6-7-23-17/h4-5,8-9,14-15H,1-3,6-7,10-11H2/t14-,15+. The van der Waals surface area contributed by atoms with E-state index in [-0.39, 0.29) is 5.91 Å². The first kappa shape index (κ1) is 14.1. The van der Waals surface area contributed by atoms with Crippen LogP contribution < -0.4 is 4.74 Å². The van der Waals surface area contributed by atoms with Crippen LogP contribution in [0, 0.1) is 11.8 Å². The summed E-state index contributed by atoms with van der Waals surface area (Å²) in [5, 5.41) is 4.11. The van der Waals surface area contributed by atoms with Crippen LogP contribution >= 0.6 is 0 Å². The van der Waals surface area contributed by atoms with Crippen LogP contribution in [0.3, 0.4) is 0 Å². The predicted octanol–water partition coefficient (Wildman–Crippen LogP) is 3.15. The van der Waals surface area contributed by atoms with Crippen molar-refractivity contribution in [2.45, 2.75) is 25.7 Å². The molecule has 0 bridgehead atoms. The van der Waals surface area contributed by atoms with E-state index in [9.17, 15) is 4.79 Å². The fraction of sp³-hybridized carbons (Fsp3) is 0.474. The van der Waals surface area contributed by atoms with Gasteiger partial charge in [0.15, 0.2) is 0 Å². The molecule has 0 spiro atoms. The van der Waals surface area contributed by atoms with Gasteiger partial charge in [-0.15, -0.1) is 0 Å². The lowest BCUT2D eigenvalue weighted by molar-refractivity contribution is 0.0739. The van der Waals surface area contributed by atoms with Crippen molar-refractivity contribution in [3.05, 3.63) is 35.6 Å². The Morgan fingerprint density at radius 2 is 2.00 bits per heavy atom. The van der Waals surface area contributed by atoms with Crippen molar-refractivity contribution in [2.75, 3.05) is 19.7 Å². The van der Waals surface area contributed by atoms with E-state index in [4.69, 9.17) is 9.26 Å². The van der Waals surface area contributed by atoms with Crippen LogP contribution in [0.25, 0.3) is 11.3 Å². The third-order valence-electron chi connectivity index (χ3n) is 5.72. The molecule has 0 unspecified atom stereocenters. The Bertz CT molecular complexity index is 786. The van der Waals surface area contributed by atoms with Crippen molar-refractivity contribution in [1.82, 2.24) is 10.1 Å². The molecule has 2 fully saturated rings. The van der Waals surface area contributed by atoms with Crippen LogP contribution in [-0.4, -0.2) is 35.7 Å². The molecule has 5 rings (SSSR count). The van der Waals surface area contributed by atoms with Gasteiger partial charge in [-0.05, 0) is 48.4 Å². The highest BCUT2D eigenvalue weighted by Gasteiger charge is 2.39. The molecule has 3 heterocycles. The molecule has 1 aliphatic carbocycles. The van der Waals surface area contributed by atoms with E-state index < -0.39 is 0 Å². The zero-order chi connectivity index (χ0) is 16.1. The van der Waals surface area contributed by atoms with Gasteiger partial charge in [0.2, 0.25) is 5.76 Å². The molecule has 2 aliphatic heterocycles. The van der Waals surface area contributed by atoms with Crippen molar-refractivity contribution in [1.29, 1.82) is 0 Å². The summed E-state index contributed by atoms with van der Waals surface area (Å²) in [5.41, 5.74) is 2.88. The van der Waals surface area contributed by atoms with Crippen LogP contribution in [0.2, 0.25) is 0 Å². The molecule has 0 N–H and O–H groups in total. The van der Waals surface area contributed by atoms with E-state index in [0.717, 1.165) is 37.4 Å². The van der Waals surface area contributed by atoms with Crippen LogP contribution in [0.1, 0.15) is 35.4 Å². The van der Waals surface area contributed by atoms with Gasteiger partial charge in [-0.25, -0.2) is 0 Å². The largest absolute Gasteiger partial charge is 0.493 e. The predicted molar refractivity (Wildman–Crippen MR) is 87.9 cm³/mol. The Kier molecular flexibility index (Phi) is 3.15. The quantitative estimate of drug-likeness (QED) is 0.851. The summed E-state index contributed by atoms with van der Waals surface area (Å²) >= 11 is 0. The fourth-order valence-corrected chi connectivity index (χ4v) is 4.41. The minimum Gasteiger partial charge on any atom is -0.493 e. The second kappa shape index (κ2) is 5.36. The first-order valence-electron chi connectivity index (χ1n) is 8.80. The van der Waals surface area contributed by atoms with Crippen molar-refractivity contribution >= 4 is 5.91 Å². The van der Waals surface area contributed by atoms with Crippen LogP contribution in [-0.2, 0) is 6.42 Å². The molecule has 5 nitrogen and oxygen atoms in total. The number of likely N-dealkylation sites (tertiary alicyclic amines) is 1. The molecule has 1 saturated carbocycles. The molecular formula is C19H20N2O3. The van der Waals surface area contributed by atoms with E-state index in [1.54, 1.807) is 6.07 Å². The van der Waals surface area contributed by atoms with Crippen molar-refractivity contribution in [3.8, 4) is 17.0 Å². The van der Waals surface area contributed by atoms with Crippen LogP contribution in [0.5, 0.6) is 5.75 Å². The number of hydrogen-bond donors (Lipinski definition) is 0. The Morgan fingerprint density at radius 3 is 2.83 bits per heavy atom. The number of benzene rings is 1. The van der Waals surface area contributed by atoms with E-state index in [0.29, 0.717) is 23.3 Å². The SMILES string of the molecule is O=C(c1cc(-c2ccc3c(c2)CCO3)no1)N1C[C@H]2CCC[C@H]2C1. The lowest BCUT2D eigenvalue weighted by Crippen LogP contribution is -2.29. The third kappa shape index (κ3) is 2.22.